The van der Waals surface area contributed by atoms with Crippen LogP contribution in [0, 0.1) is 23.2 Å². The molecule has 3 atom stereocenters. The van der Waals surface area contributed by atoms with Crippen molar-refractivity contribution >= 4 is 12.4 Å². The van der Waals surface area contributed by atoms with Gasteiger partial charge in [0.15, 0.2) is 0 Å². The fraction of sp³-hybridized carbons (Fsp3) is 0.684. The van der Waals surface area contributed by atoms with Crippen LogP contribution in [0.15, 0.2) is 30.3 Å². The second-order valence-electron chi connectivity index (χ2n) is 7.75. The monoisotopic (exact) mass is 305 g/mol. The third-order valence-electron chi connectivity index (χ3n) is 6.50. The van der Waals surface area contributed by atoms with E-state index in [1.54, 1.807) is 5.56 Å². The maximum Gasteiger partial charge on any atom is -0.00766 e. The van der Waals surface area contributed by atoms with Gasteiger partial charge in [0.1, 0.15) is 0 Å². The van der Waals surface area contributed by atoms with Crippen LogP contribution < -0.4 is 5.73 Å². The van der Waals surface area contributed by atoms with Crippen molar-refractivity contribution in [3.8, 4) is 0 Å². The molecule has 0 aromatic heterocycles. The van der Waals surface area contributed by atoms with E-state index < -0.39 is 0 Å². The molecule has 0 radical (unpaired) electrons. The minimum Gasteiger partial charge on any atom is -0.330 e. The summed E-state index contributed by atoms with van der Waals surface area (Å²) in [6.07, 6.45) is 10.1. The first-order chi connectivity index (χ1) is 9.81. The number of nitrogens with two attached hydrogens (primary N) is 1. The number of halogens is 1. The van der Waals surface area contributed by atoms with Gasteiger partial charge in [0.25, 0.3) is 0 Å². The van der Waals surface area contributed by atoms with Gasteiger partial charge in [-0.1, -0.05) is 30.3 Å². The number of rotatable bonds is 4. The third-order valence-corrected chi connectivity index (χ3v) is 6.50. The van der Waals surface area contributed by atoms with E-state index in [-0.39, 0.29) is 12.4 Å². The fourth-order valence-corrected chi connectivity index (χ4v) is 6.31. The molecule has 4 aliphatic carbocycles. The highest BCUT2D eigenvalue weighted by atomic mass is 35.5. The van der Waals surface area contributed by atoms with E-state index in [0.29, 0.717) is 5.41 Å². The van der Waals surface area contributed by atoms with Gasteiger partial charge in [-0.25, -0.2) is 0 Å². The van der Waals surface area contributed by atoms with E-state index >= 15 is 0 Å². The quantitative estimate of drug-likeness (QED) is 0.853. The molecule has 2 heteroatoms. The van der Waals surface area contributed by atoms with Crippen molar-refractivity contribution < 1.29 is 0 Å². The smallest absolute Gasteiger partial charge is 0.00766 e. The molecule has 4 saturated carbocycles. The first kappa shape index (κ1) is 15.4. The van der Waals surface area contributed by atoms with Crippen LogP contribution >= 0.6 is 12.4 Å². The van der Waals surface area contributed by atoms with Gasteiger partial charge in [-0.2, -0.15) is 0 Å². The molecule has 0 aliphatic heterocycles. The van der Waals surface area contributed by atoms with Gasteiger partial charge < -0.3 is 5.73 Å². The Morgan fingerprint density at radius 3 is 2.29 bits per heavy atom. The lowest BCUT2D eigenvalue weighted by atomic mass is 9.43. The van der Waals surface area contributed by atoms with Gasteiger partial charge in [-0.05, 0) is 86.1 Å². The molecule has 1 nitrogen and oxygen atoms in total. The van der Waals surface area contributed by atoms with Crippen LogP contribution in [0.1, 0.15) is 56.4 Å². The normalized spacial score (nSPS) is 40.0. The van der Waals surface area contributed by atoms with Gasteiger partial charge >= 0.3 is 0 Å². The van der Waals surface area contributed by atoms with Crippen molar-refractivity contribution in [2.75, 3.05) is 6.54 Å². The maximum absolute atomic E-state index is 5.84. The lowest BCUT2D eigenvalue weighted by Crippen LogP contribution is -2.51. The fourth-order valence-electron chi connectivity index (χ4n) is 6.31. The molecule has 4 bridgehead atoms. The summed E-state index contributed by atoms with van der Waals surface area (Å²) in [7, 11) is 0. The average molecular weight is 306 g/mol. The van der Waals surface area contributed by atoms with Crippen molar-refractivity contribution in [2.45, 2.75) is 50.9 Å². The molecule has 0 saturated heterocycles. The van der Waals surface area contributed by atoms with Gasteiger partial charge in [-0.3, -0.25) is 0 Å². The second-order valence-corrected chi connectivity index (χ2v) is 7.75. The first-order valence-electron chi connectivity index (χ1n) is 8.56. The molecule has 116 valence electrons. The zero-order chi connectivity index (χ0) is 13.6. The highest BCUT2D eigenvalue weighted by Crippen LogP contribution is 2.67. The van der Waals surface area contributed by atoms with Crippen LogP contribution in [-0.4, -0.2) is 6.54 Å². The Morgan fingerprint density at radius 2 is 1.67 bits per heavy atom. The molecular formula is C19H28ClN. The first-order valence-corrected chi connectivity index (χ1v) is 8.56. The van der Waals surface area contributed by atoms with Crippen LogP contribution in [0.4, 0.5) is 0 Å². The van der Waals surface area contributed by atoms with Crippen molar-refractivity contribution in [2.24, 2.45) is 28.9 Å². The summed E-state index contributed by atoms with van der Waals surface area (Å²) >= 11 is 0. The molecule has 3 unspecified atom stereocenters. The van der Waals surface area contributed by atoms with Crippen molar-refractivity contribution in [3.05, 3.63) is 35.9 Å². The molecule has 0 heterocycles. The SMILES string of the molecule is Cl.NCCCC12CC3CC(CC(C3)C1c1ccccc1)C2. The molecule has 21 heavy (non-hydrogen) atoms. The zero-order valence-corrected chi connectivity index (χ0v) is 13.7. The summed E-state index contributed by atoms with van der Waals surface area (Å²) in [4.78, 5) is 0. The predicted molar refractivity (Wildman–Crippen MR) is 90.7 cm³/mol. The molecular weight excluding hydrogens is 278 g/mol. The molecule has 0 amide bonds. The number of hydrogen-bond donors (Lipinski definition) is 1. The molecule has 4 fully saturated rings. The summed E-state index contributed by atoms with van der Waals surface area (Å²) in [5.74, 6) is 3.85. The Labute approximate surface area is 135 Å². The highest BCUT2D eigenvalue weighted by molar-refractivity contribution is 5.85. The van der Waals surface area contributed by atoms with Crippen LogP contribution in [0.5, 0.6) is 0 Å². The lowest BCUT2D eigenvalue weighted by molar-refractivity contribution is -0.0806. The molecule has 2 N–H and O–H groups in total. The van der Waals surface area contributed by atoms with Crippen LogP contribution in [-0.2, 0) is 0 Å². The number of benzene rings is 1. The Hall–Kier alpha value is -0.530. The maximum atomic E-state index is 5.84. The standard InChI is InChI=1S/C19H27N.ClH/c20-8-4-7-19-12-14-9-15(13-19)11-17(10-14)18(19)16-5-2-1-3-6-16;/h1-3,5-6,14-15,17-18H,4,7-13,20H2;1H. The van der Waals surface area contributed by atoms with Crippen LogP contribution in [0.25, 0.3) is 0 Å². The minimum absolute atomic E-state index is 0. The molecule has 4 aliphatic rings. The van der Waals surface area contributed by atoms with Gasteiger partial charge in [0.05, 0.1) is 0 Å². The molecule has 0 spiro atoms. The van der Waals surface area contributed by atoms with Crippen molar-refractivity contribution in [3.63, 3.8) is 0 Å². The van der Waals surface area contributed by atoms with Crippen LogP contribution in [0.3, 0.4) is 0 Å². The van der Waals surface area contributed by atoms with E-state index in [2.05, 4.69) is 30.3 Å². The third kappa shape index (κ3) is 2.53. The van der Waals surface area contributed by atoms with E-state index in [4.69, 9.17) is 5.73 Å². The summed E-state index contributed by atoms with van der Waals surface area (Å²) in [5, 5.41) is 0. The lowest BCUT2D eigenvalue weighted by Gasteiger charge is -2.62. The van der Waals surface area contributed by atoms with E-state index in [1.807, 2.05) is 0 Å². The second kappa shape index (κ2) is 5.93. The summed E-state index contributed by atoms with van der Waals surface area (Å²) in [6.45, 7) is 0.864. The van der Waals surface area contributed by atoms with Gasteiger partial charge in [0, 0.05) is 0 Å². The zero-order valence-electron chi connectivity index (χ0n) is 12.8. The summed E-state index contributed by atoms with van der Waals surface area (Å²) in [6, 6.07) is 11.4. The van der Waals surface area contributed by atoms with Crippen LogP contribution in [0.2, 0.25) is 0 Å². The van der Waals surface area contributed by atoms with E-state index in [0.717, 1.165) is 30.2 Å². The Bertz CT molecular complexity index is 458. The topological polar surface area (TPSA) is 26.0 Å². The predicted octanol–water partition coefficient (Wildman–Crippen LogP) is 4.76. The van der Waals surface area contributed by atoms with E-state index in [9.17, 15) is 0 Å². The summed E-state index contributed by atoms with van der Waals surface area (Å²) in [5.41, 5.74) is 8.05. The Kier molecular flexibility index (Phi) is 4.34. The molecule has 5 rings (SSSR count). The molecule has 1 aromatic carbocycles. The Balaban J connectivity index is 0.00000132. The number of hydrogen-bond acceptors (Lipinski definition) is 1. The molecule has 1 aromatic rings. The largest absolute Gasteiger partial charge is 0.330 e. The average Bonchev–Trinajstić information content (AvgIpc) is 2.45. The van der Waals surface area contributed by atoms with Crippen molar-refractivity contribution in [1.82, 2.24) is 0 Å². The van der Waals surface area contributed by atoms with Crippen molar-refractivity contribution in [1.29, 1.82) is 0 Å². The van der Waals surface area contributed by atoms with E-state index in [1.165, 1.54) is 44.9 Å². The summed E-state index contributed by atoms with van der Waals surface area (Å²) < 4.78 is 0. The Morgan fingerprint density at radius 1 is 1.00 bits per heavy atom. The van der Waals surface area contributed by atoms with Gasteiger partial charge in [0.2, 0.25) is 0 Å². The highest BCUT2D eigenvalue weighted by Gasteiger charge is 2.56. The van der Waals surface area contributed by atoms with Gasteiger partial charge in [-0.15, -0.1) is 12.4 Å². The minimum atomic E-state index is 0.